The monoisotopic (exact) mass is 442 g/mol. The van der Waals surface area contributed by atoms with Gasteiger partial charge in [-0.3, -0.25) is 4.79 Å². The second kappa shape index (κ2) is 8.82. The number of aryl methyl sites for hydroxylation is 1. The summed E-state index contributed by atoms with van der Waals surface area (Å²) in [5.74, 6) is -0.386. The Morgan fingerprint density at radius 1 is 1.04 bits per heavy atom. The topological polar surface area (TPSA) is 66.5 Å². The van der Waals surface area contributed by atoms with Crippen LogP contribution in [0.15, 0.2) is 47.4 Å². The summed E-state index contributed by atoms with van der Waals surface area (Å²) in [6.45, 7) is 7.06. The highest BCUT2D eigenvalue weighted by molar-refractivity contribution is 7.89. The second-order valence-corrected chi connectivity index (χ2v) is 10.4. The van der Waals surface area contributed by atoms with Gasteiger partial charge < -0.3 is 5.32 Å². The molecule has 152 valence electrons. The minimum Gasteiger partial charge on any atom is -0.350 e. The summed E-state index contributed by atoms with van der Waals surface area (Å²) in [5, 5.41) is 3.50. The molecule has 0 unspecified atom stereocenters. The van der Waals surface area contributed by atoms with E-state index in [-0.39, 0.29) is 23.9 Å². The highest BCUT2D eigenvalue weighted by Crippen LogP contribution is 2.25. The Morgan fingerprint density at radius 3 is 2.18 bits per heavy atom. The van der Waals surface area contributed by atoms with E-state index in [0.717, 1.165) is 9.87 Å². The lowest BCUT2D eigenvalue weighted by Crippen LogP contribution is -2.47. The zero-order valence-corrected chi connectivity index (χ0v) is 18.6. The zero-order valence-electron chi connectivity index (χ0n) is 16.3. The molecule has 2 rings (SSSR count). The molecule has 2 aromatic carbocycles. The van der Waals surface area contributed by atoms with Gasteiger partial charge in [0.15, 0.2) is 0 Å². The molecule has 0 atom stereocenters. The Bertz CT molecular complexity index is 952. The van der Waals surface area contributed by atoms with Gasteiger partial charge in [-0.15, -0.1) is 0 Å². The van der Waals surface area contributed by atoms with Crippen molar-refractivity contribution in [1.82, 2.24) is 9.62 Å². The lowest BCUT2D eigenvalue weighted by molar-refractivity contribution is -0.122. The molecule has 0 saturated heterocycles. The third-order valence-electron chi connectivity index (χ3n) is 3.84. The van der Waals surface area contributed by atoms with E-state index in [1.165, 1.54) is 12.1 Å². The predicted molar refractivity (Wildman–Crippen MR) is 113 cm³/mol. The first-order chi connectivity index (χ1) is 12.9. The van der Waals surface area contributed by atoms with Crippen LogP contribution in [-0.4, -0.2) is 30.7 Å². The highest BCUT2D eigenvalue weighted by Gasteiger charge is 2.28. The maximum atomic E-state index is 13.2. The van der Waals surface area contributed by atoms with Gasteiger partial charge in [0.25, 0.3) is 0 Å². The Hall–Kier alpha value is -1.60. The van der Waals surface area contributed by atoms with Crippen LogP contribution in [-0.2, 0) is 21.4 Å². The van der Waals surface area contributed by atoms with Crippen molar-refractivity contribution in [2.24, 2.45) is 0 Å². The Morgan fingerprint density at radius 2 is 1.64 bits per heavy atom. The highest BCUT2D eigenvalue weighted by atomic mass is 35.5. The number of carbonyl (C=O) groups excluding carboxylic acids is 1. The SMILES string of the molecule is Cc1ccc(S(=O)(=O)N(CC(=O)NC(C)(C)C)Cc2ccc(Cl)c(Cl)c2)cc1. The quantitative estimate of drug-likeness (QED) is 0.720. The second-order valence-electron chi connectivity index (χ2n) is 7.63. The summed E-state index contributed by atoms with van der Waals surface area (Å²) in [5.41, 5.74) is 1.11. The normalized spacial score (nSPS) is 12.2. The number of sulfonamides is 1. The molecular formula is C20H24Cl2N2O3S. The van der Waals surface area contributed by atoms with Crippen LogP contribution >= 0.6 is 23.2 Å². The summed E-state index contributed by atoms with van der Waals surface area (Å²) < 4.78 is 27.5. The van der Waals surface area contributed by atoms with Gasteiger partial charge >= 0.3 is 0 Å². The van der Waals surface area contributed by atoms with E-state index in [1.54, 1.807) is 30.3 Å². The molecule has 0 aliphatic carbocycles. The van der Waals surface area contributed by atoms with Crippen LogP contribution in [0.25, 0.3) is 0 Å². The molecular weight excluding hydrogens is 419 g/mol. The van der Waals surface area contributed by atoms with E-state index >= 15 is 0 Å². The Balaban J connectivity index is 2.38. The lowest BCUT2D eigenvalue weighted by Gasteiger charge is -2.25. The van der Waals surface area contributed by atoms with E-state index in [9.17, 15) is 13.2 Å². The third kappa shape index (κ3) is 6.21. The molecule has 0 aliphatic heterocycles. The number of rotatable bonds is 6. The standard InChI is InChI=1S/C20H24Cl2N2O3S/c1-14-5-8-16(9-6-14)28(26,27)24(13-19(25)23-20(2,3)4)12-15-7-10-17(21)18(22)11-15/h5-11H,12-13H2,1-4H3,(H,23,25). The maximum Gasteiger partial charge on any atom is 0.243 e. The number of carbonyl (C=O) groups is 1. The molecule has 2 aromatic rings. The minimum atomic E-state index is -3.89. The lowest BCUT2D eigenvalue weighted by atomic mass is 10.1. The fourth-order valence-electron chi connectivity index (χ4n) is 2.54. The number of hydrogen-bond acceptors (Lipinski definition) is 3. The molecule has 1 amide bonds. The van der Waals surface area contributed by atoms with Crippen LogP contribution in [0.2, 0.25) is 10.0 Å². The van der Waals surface area contributed by atoms with Gasteiger partial charge in [-0.1, -0.05) is 47.0 Å². The molecule has 0 aromatic heterocycles. The van der Waals surface area contributed by atoms with E-state index < -0.39 is 15.6 Å². The van der Waals surface area contributed by atoms with Gasteiger partial charge in [0.1, 0.15) is 0 Å². The van der Waals surface area contributed by atoms with Crippen molar-refractivity contribution in [1.29, 1.82) is 0 Å². The molecule has 28 heavy (non-hydrogen) atoms. The average Bonchev–Trinajstić information content (AvgIpc) is 2.56. The predicted octanol–water partition coefficient (Wildman–Crippen LogP) is 4.41. The molecule has 8 heteroatoms. The smallest absolute Gasteiger partial charge is 0.243 e. The van der Waals surface area contributed by atoms with Crippen LogP contribution < -0.4 is 5.32 Å². The van der Waals surface area contributed by atoms with Crippen LogP contribution in [0, 0.1) is 6.92 Å². The number of benzene rings is 2. The van der Waals surface area contributed by atoms with Crippen molar-refractivity contribution in [3.8, 4) is 0 Å². The van der Waals surface area contributed by atoms with Crippen LogP contribution in [0.3, 0.4) is 0 Å². The van der Waals surface area contributed by atoms with Crippen LogP contribution in [0.5, 0.6) is 0 Å². The number of nitrogens with zero attached hydrogens (tertiary/aromatic N) is 1. The van der Waals surface area contributed by atoms with Crippen molar-refractivity contribution in [3.63, 3.8) is 0 Å². The number of nitrogens with one attached hydrogen (secondary N) is 1. The first kappa shape index (κ1) is 22.7. The summed E-state index contributed by atoms with van der Waals surface area (Å²) in [7, 11) is -3.89. The van der Waals surface area contributed by atoms with Gasteiger partial charge in [0.2, 0.25) is 15.9 Å². The van der Waals surface area contributed by atoms with E-state index in [2.05, 4.69) is 5.32 Å². The van der Waals surface area contributed by atoms with Crippen molar-refractivity contribution in [3.05, 3.63) is 63.6 Å². The van der Waals surface area contributed by atoms with Crippen LogP contribution in [0.4, 0.5) is 0 Å². The van der Waals surface area contributed by atoms with Crippen molar-refractivity contribution >= 4 is 39.1 Å². The molecule has 0 heterocycles. The van der Waals surface area contributed by atoms with Gasteiger partial charge in [-0.2, -0.15) is 4.31 Å². The molecule has 0 spiro atoms. The molecule has 1 N–H and O–H groups in total. The zero-order chi connectivity index (χ0) is 21.1. The van der Waals surface area contributed by atoms with E-state index in [0.29, 0.717) is 15.6 Å². The van der Waals surface area contributed by atoms with Crippen molar-refractivity contribution < 1.29 is 13.2 Å². The minimum absolute atomic E-state index is 0.00926. The van der Waals surface area contributed by atoms with Gasteiger partial charge in [-0.05, 0) is 57.5 Å². The fraction of sp³-hybridized carbons (Fsp3) is 0.350. The number of amides is 1. The Labute approximate surface area is 176 Å². The summed E-state index contributed by atoms with van der Waals surface area (Å²) in [4.78, 5) is 12.6. The first-order valence-electron chi connectivity index (χ1n) is 8.70. The molecule has 0 aliphatic rings. The number of hydrogen-bond donors (Lipinski definition) is 1. The summed E-state index contributed by atoms with van der Waals surface area (Å²) >= 11 is 12.0. The van der Waals surface area contributed by atoms with Crippen molar-refractivity contribution in [2.75, 3.05) is 6.54 Å². The summed E-state index contributed by atoms with van der Waals surface area (Å²) in [6, 6.07) is 11.4. The van der Waals surface area contributed by atoms with Gasteiger partial charge in [0.05, 0.1) is 21.5 Å². The van der Waals surface area contributed by atoms with Gasteiger partial charge in [0, 0.05) is 12.1 Å². The first-order valence-corrected chi connectivity index (χ1v) is 10.9. The molecule has 0 bridgehead atoms. The third-order valence-corrected chi connectivity index (χ3v) is 6.38. The largest absolute Gasteiger partial charge is 0.350 e. The maximum absolute atomic E-state index is 13.2. The summed E-state index contributed by atoms with van der Waals surface area (Å²) in [6.07, 6.45) is 0. The van der Waals surface area contributed by atoms with E-state index in [4.69, 9.17) is 23.2 Å². The fourth-order valence-corrected chi connectivity index (χ4v) is 4.25. The van der Waals surface area contributed by atoms with E-state index in [1.807, 2.05) is 27.7 Å². The molecule has 0 fully saturated rings. The Kier molecular flexibility index (Phi) is 7.15. The average molecular weight is 443 g/mol. The van der Waals surface area contributed by atoms with Gasteiger partial charge in [-0.25, -0.2) is 8.42 Å². The van der Waals surface area contributed by atoms with Crippen molar-refractivity contribution in [2.45, 2.75) is 44.7 Å². The molecule has 5 nitrogen and oxygen atoms in total. The van der Waals surface area contributed by atoms with Crippen LogP contribution in [0.1, 0.15) is 31.9 Å². The molecule has 0 radical (unpaired) electrons. The molecule has 0 saturated carbocycles. The number of halogens is 2.